The fourth-order valence-corrected chi connectivity index (χ4v) is 2.82. The van der Waals surface area contributed by atoms with Crippen LogP contribution in [0.25, 0.3) is 0 Å². The highest BCUT2D eigenvalue weighted by molar-refractivity contribution is 9.10. The van der Waals surface area contributed by atoms with Crippen LogP contribution in [-0.4, -0.2) is 32.4 Å². The van der Waals surface area contributed by atoms with Gasteiger partial charge in [0.25, 0.3) is 0 Å². The van der Waals surface area contributed by atoms with E-state index in [9.17, 15) is 12.8 Å². The van der Waals surface area contributed by atoms with Gasteiger partial charge in [-0.1, -0.05) is 0 Å². The van der Waals surface area contributed by atoms with Gasteiger partial charge >= 0.3 is 0 Å². The minimum Gasteiger partial charge on any atom is -0.329 e. The quantitative estimate of drug-likeness (QED) is 0.892. The number of hydrogen-bond acceptors (Lipinski definition) is 3. The molecule has 104 valence electrons. The standard InChI is InChI=1S/C10H14BrFN2O2S.ClH/c1-7(6-13)14(2)17(15,16)8-3-4-9(11)10(12)5-8;/h3-5,7H,6,13H2,1-2H3;1H. The molecule has 0 aliphatic carbocycles. The second kappa shape index (κ2) is 6.81. The molecule has 4 nitrogen and oxygen atoms in total. The second-order valence-electron chi connectivity index (χ2n) is 3.68. The SMILES string of the molecule is CC(CN)N(C)S(=O)(=O)c1ccc(Br)c(F)c1.Cl. The Bertz CT molecular complexity index is 513. The Hall–Kier alpha value is -0.210. The smallest absolute Gasteiger partial charge is 0.243 e. The Kier molecular flexibility index (Phi) is 6.73. The van der Waals surface area contributed by atoms with E-state index in [1.165, 1.54) is 19.2 Å². The van der Waals surface area contributed by atoms with Gasteiger partial charge < -0.3 is 5.73 Å². The van der Waals surface area contributed by atoms with Crippen molar-refractivity contribution in [1.29, 1.82) is 0 Å². The molecule has 18 heavy (non-hydrogen) atoms. The average molecular weight is 362 g/mol. The summed E-state index contributed by atoms with van der Waals surface area (Å²) in [5.74, 6) is -0.611. The second-order valence-corrected chi connectivity index (χ2v) is 6.53. The topological polar surface area (TPSA) is 63.4 Å². The van der Waals surface area contributed by atoms with Crippen molar-refractivity contribution in [3.63, 3.8) is 0 Å². The molecule has 0 heterocycles. The zero-order chi connectivity index (χ0) is 13.2. The normalized spacial score (nSPS) is 13.2. The molecule has 8 heteroatoms. The van der Waals surface area contributed by atoms with Crippen LogP contribution in [0.5, 0.6) is 0 Å². The van der Waals surface area contributed by atoms with Crippen LogP contribution >= 0.6 is 28.3 Å². The van der Waals surface area contributed by atoms with Crippen LogP contribution in [0, 0.1) is 5.82 Å². The van der Waals surface area contributed by atoms with E-state index in [1.54, 1.807) is 6.92 Å². The Morgan fingerprint density at radius 2 is 2.06 bits per heavy atom. The number of likely N-dealkylation sites (N-methyl/N-ethyl adjacent to an activating group) is 1. The van der Waals surface area contributed by atoms with Crippen LogP contribution in [-0.2, 0) is 10.0 Å². The fraction of sp³-hybridized carbons (Fsp3) is 0.400. The first-order chi connectivity index (χ1) is 7.80. The van der Waals surface area contributed by atoms with Crippen molar-refractivity contribution in [3.05, 3.63) is 28.5 Å². The highest BCUT2D eigenvalue weighted by Gasteiger charge is 2.25. The maximum Gasteiger partial charge on any atom is 0.243 e. The summed E-state index contributed by atoms with van der Waals surface area (Å²) in [6, 6.07) is 3.36. The molecule has 0 saturated carbocycles. The zero-order valence-electron chi connectivity index (χ0n) is 9.93. The molecule has 0 bridgehead atoms. The Morgan fingerprint density at radius 3 is 2.50 bits per heavy atom. The van der Waals surface area contributed by atoms with Crippen LogP contribution < -0.4 is 5.73 Å². The van der Waals surface area contributed by atoms with Crippen molar-refractivity contribution in [3.8, 4) is 0 Å². The number of benzene rings is 1. The third-order valence-corrected chi connectivity index (χ3v) is 5.14. The lowest BCUT2D eigenvalue weighted by atomic mass is 10.3. The lowest BCUT2D eigenvalue weighted by Gasteiger charge is -2.23. The number of hydrogen-bond donors (Lipinski definition) is 1. The summed E-state index contributed by atoms with van der Waals surface area (Å²) in [7, 11) is -2.27. The molecule has 0 aliphatic heterocycles. The van der Waals surface area contributed by atoms with Gasteiger partial charge in [-0.3, -0.25) is 0 Å². The van der Waals surface area contributed by atoms with Crippen molar-refractivity contribution in [2.24, 2.45) is 5.73 Å². The molecular formula is C10H15BrClFN2O2S. The minimum absolute atomic E-state index is 0. The lowest BCUT2D eigenvalue weighted by Crippen LogP contribution is -2.39. The van der Waals surface area contributed by atoms with Crippen molar-refractivity contribution < 1.29 is 12.8 Å². The maximum atomic E-state index is 13.3. The van der Waals surface area contributed by atoms with Crippen molar-refractivity contribution >= 4 is 38.4 Å². The summed E-state index contributed by atoms with van der Waals surface area (Å²) in [5, 5.41) is 0. The summed E-state index contributed by atoms with van der Waals surface area (Å²) >= 11 is 2.97. The predicted octanol–water partition coefficient (Wildman–Crippen LogP) is 1.98. The number of nitrogens with two attached hydrogens (primary N) is 1. The Labute approximate surface area is 121 Å². The van der Waals surface area contributed by atoms with E-state index in [4.69, 9.17) is 5.73 Å². The lowest BCUT2D eigenvalue weighted by molar-refractivity contribution is 0.394. The van der Waals surface area contributed by atoms with Gasteiger partial charge in [-0.05, 0) is 41.1 Å². The summed E-state index contributed by atoms with van der Waals surface area (Å²) in [6.45, 7) is 1.89. The van der Waals surface area contributed by atoms with Gasteiger partial charge in [-0.15, -0.1) is 12.4 Å². The number of sulfonamides is 1. The van der Waals surface area contributed by atoms with Crippen LogP contribution in [0.15, 0.2) is 27.6 Å². The van der Waals surface area contributed by atoms with Crippen molar-refractivity contribution in [1.82, 2.24) is 4.31 Å². The molecule has 0 amide bonds. The van der Waals surface area contributed by atoms with Gasteiger partial charge in [-0.2, -0.15) is 4.31 Å². The van der Waals surface area contributed by atoms with Gasteiger partial charge in [0.15, 0.2) is 0 Å². The van der Waals surface area contributed by atoms with E-state index in [0.29, 0.717) is 0 Å². The van der Waals surface area contributed by atoms with Crippen LogP contribution in [0.1, 0.15) is 6.92 Å². The van der Waals surface area contributed by atoms with Gasteiger partial charge in [0, 0.05) is 19.6 Å². The Morgan fingerprint density at radius 1 is 1.50 bits per heavy atom. The molecule has 0 aromatic heterocycles. The molecule has 1 atom stereocenters. The molecule has 1 aromatic carbocycles. The monoisotopic (exact) mass is 360 g/mol. The maximum absolute atomic E-state index is 13.3. The first-order valence-corrected chi connectivity index (χ1v) is 7.17. The van der Waals surface area contributed by atoms with E-state index in [1.807, 2.05) is 0 Å². The van der Waals surface area contributed by atoms with Crippen molar-refractivity contribution in [2.45, 2.75) is 17.9 Å². The third-order valence-electron chi connectivity index (χ3n) is 2.53. The molecular weight excluding hydrogens is 347 g/mol. The van der Waals surface area contributed by atoms with E-state index >= 15 is 0 Å². The molecule has 0 saturated heterocycles. The molecule has 2 N–H and O–H groups in total. The van der Waals surface area contributed by atoms with Crippen molar-refractivity contribution in [2.75, 3.05) is 13.6 Å². The van der Waals surface area contributed by atoms with Gasteiger partial charge in [-0.25, -0.2) is 12.8 Å². The molecule has 1 aromatic rings. The third kappa shape index (κ3) is 3.64. The zero-order valence-corrected chi connectivity index (χ0v) is 13.1. The molecule has 0 spiro atoms. The van der Waals surface area contributed by atoms with E-state index in [-0.39, 0.29) is 34.4 Å². The van der Waals surface area contributed by atoms with Gasteiger partial charge in [0.2, 0.25) is 10.0 Å². The van der Waals surface area contributed by atoms with Crippen LogP contribution in [0.4, 0.5) is 4.39 Å². The highest BCUT2D eigenvalue weighted by Crippen LogP contribution is 2.22. The van der Waals surface area contributed by atoms with E-state index in [0.717, 1.165) is 10.4 Å². The van der Waals surface area contributed by atoms with Gasteiger partial charge in [0.1, 0.15) is 5.82 Å². The molecule has 0 radical (unpaired) electrons. The summed E-state index contributed by atoms with van der Waals surface area (Å²) < 4.78 is 38.8. The first kappa shape index (κ1) is 17.8. The molecule has 0 fully saturated rings. The van der Waals surface area contributed by atoms with E-state index < -0.39 is 15.8 Å². The molecule has 0 aliphatic rings. The highest BCUT2D eigenvalue weighted by atomic mass is 79.9. The molecule has 1 rings (SSSR count). The summed E-state index contributed by atoms with van der Waals surface area (Å²) in [5.41, 5.74) is 5.41. The minimum atomic E-state index is -3.70. The number of nitrogens with zero attached hydrogens (tertiary/aromatic N) is 1. The number of rotatable bonds is 4. The molecule has 1 unspecified atom stereocenters. The van der Waals surface area contributed by atoms with Gasteiger partial charge in [0.05, 0.1) is 9.37 Å². The largest absolute Gasteiger partial charge is 0.329 e. The van der Waals surface area contributed by atoms with E-state index in [2.05, 4.69) is 15.9 Å². The first-order valence-electron chi connectivity index (χ1n) is 4.94. The predicted molar refractivity (Wildman–Crippen MR) is 74.8 cm³/mol. The Balaban J connectivity index is 0.00000289. The van der Waals surface area contributed by atoms with Crippen LogP contribution in [0.2, 0.25) is 0 Å². The summed E-state index contributed by atoms with van der Waals surface area (Å²) in [6.07, 6.45) is 0. The van der Waals surface area contributed by atoms with Crippen LogP contribution in [0.3, 0.4) is 0 Å². The summed E-state index contributed by atoms with van der Waals surface area (Å²) in [4.78, 5) is -0.0824. The fourth-order valence-electron chi connectivity index (χ4n) is 1.19. The average Bonchev–Trinajstić information content (AvgIpc) is 2.30. The number of halogens is 3.